The minimum atomic E-state index is -0.825. The molecule has 0 aromatic heterocycles. The number of amides is 2. The molecule has 2 fully saturated rings. The van der Waals surface area contributed by atoms with Crippen molar-refractivity contribution in [3.05, 3.63) is 35.9 Å². The maximum Gasteiger partial charge on any atom is 0.308 e. The molecule has 1 N–H and O–H groups in total. The lowest BCUT2D eigenvalue weighted by atomic mass is 9.95. The summed E-state index contributed by atoms with van der Waals surface area (Å²) in [5, 5.41) is 9.05. The van der Waals surface area contributed by atoms with Crippen molar-refractivity contribution in [3.8, 4) is 0 Å². The van der Waals surface area contributed by atoms with Gasteiger partial charge in [0.05, 0.1) is 5.92 Å². The van der Waals surface area contributed by atoms with Crippen LogP contribution in [0.15, 0.2) is 30.3 Å². The SMILES string of the molecule is O=C(O)C1CCN(C(=O)C2CCN(C(=O)c3ccccc3)CC2)C1. The number of carboxylic acid groups (broad SMARTS) is 1. The lowest BCUT2D eigenvalue weighted by Crippen LogP contribution is -2.44. The number of carbonyl (C=O) groups is 3. The molecule has 1 aromatic rings. The van der Waals surface area contributed by atoms with E-state index in [2.05, 4.69) is 0 Å². The summed E-state index contributed by atoms with van der Waals surface area (Å²) in [7, 11) is 0. The van der Waals surface area contributed by atoms with Gasteiger partial charge >= 0.3 is 5.97 Å². The van der Waals surface area contributed by atoms with Crippen molar-refractivity contribution in [1.29, 1.82) is 0 Å². The van der Waals surface area contributed by atoms with E-state index in [1.165, 1.54) is 0 Å². The van der Waals surface area contributed by atoms with Crippen LogP contribution in [0.3, 0.4) is 0 Å². The van der Waals surface area contributed by atoms with Crippen LogP contribution in [0.2, 0.25) is 0 Å². The highest BCUT2D eigenvalue weighted by Gasteiger charge is 2.35. The zero-order valence-corrected chi connectivity index (χ0v) is 13.6. The first-order valence-electron chi connectivity index (χ1n) is 8.42. The van der Waals surface area contributed by atoms with Crippen molar-refractivity contribution < 1.29 is 19.5 Å². The highest BCUT2D eigenvalue weighted by Crippen LogP contribution is 2.25. The Bertz CT molecular complexity index is 623. The van der Waals surface area contributed by atoms with E-state index in [0.29, 0.717) is 51.0 Å². The Kier molecular flexibility index (Phi) is 4.83. The van der Waals surface area contributed by atoms with Crippen LogP contribution in [0.5, 0.6) is 0 Å². The lowest BCUT2D eigenvalue weighted by Gasteiger charge is -2.33. The number of hydrogen-bond donors (Lipinski definition) is 1. The normalized spacial score (nSPS) is 21.8. The average molecular weight is 330 g/mol. The Morgan fingerprint density at radius 1 is 0.875 bits per heavy atom. The van der Waals surface area contributed by atoms with Gasteiger partial charge in [0.2, 0.25) is 5.91 Å². The van der Waals surface area contributed by atoms with Gasteiger partial charge in [-0.25, -0.2) is 0 Å². The van der Waals surface area contributed by atoms with Crippen molar-refractivity contribution in [2.24, 2.45) is 11.8 Å². The molecule has 0 aliphatic carbocycles. The number of benzene rings is 1. The standard InChI is InChI=1S/C18H22N2O4/c21-16(13-4-2-1-3-5-13)19-9-6-14(7-10-19)17(22)20-11-8-15(12-20)18(23)24/h1-5,14-15H,6-12H2,(H,23,24). The predicted octanol–water partition coefficient (Wildman–Crippen LogP) is 1.47. The maximum absolute atomic E-state index is 12.5. The van der Waals surface area contributed by atoms with Crippen LogP contribution in [0.1, 0.15) is 29.6 Å². The molecule has 2 aliphatic rings. The second-order valence-corrected chi connectivity index (χ2v) is 6.54. The Balaban J connectivity index is 1.53. The van der Waals surface area contributed by atoms with Gasteiger partial charge in [0, 0.05) is 37.7 Å². The van der Waals surface area contributed by atoms with Crippen LogP contribution >= 0.6 is 0 Å². The van der Waals surface area contributed by atoms with E-state index in [1.54, 1.807) is 21.9 Å². The smallest absolute Gasteiger partial charge is 0.308 e. The molecule has 3 rings (SSSR count). The molecule has 0 saturated carbocycles. The molecule has 0 radical (unpaired) electrons. The number of rotatable bonds is 3. The predicted molar refractivity (Wildman–Crippen MR) is 87.4 cm³/mol. The molecule has 24 heavy (non-hydrogen) atoms. The first-order valence-corrected chi connectivity index (χ1v) is 8.42. The summed E-state index contributed by atoms with van der Waals surface area (Å²) in [6, 6.07) is 9.17. The molecule has 6 nitrogen and oxygen atoms in total. The molecular formula is C18H22N2O4. The number of carboxylic acids is 1. The minimum absolute atomic E-state index is 0.00797. The summed E-state index contributed by atoms with van der Waals surface area (Å²) in [6.45, 7) is 1.98. The van der Waals surface area contributed by atoms with Crippen molar-refractivity contribution >= 4 is 17.8 Å². The lowest BCUT2D eigenvalue weighted by molar-refractivity contribution is -0.141. The van der Waals surface area contributed by atoms with Crippen molar-refractivity contribution in [3.63, 3.8) is 0 Å². The molecule has 0 spiro atoms. The van der Waals surface area contributed by atoms with Crippen LogP contribution in [0.4, 0.5) is 0 Å². The van der Waals surface area contributed by atoms with Gasteiger partial charge in [-0.2, -0.15) is 0 Å². The van der Waals surface area contributed by atoms with Crippen LogP contribution in [-0.4, -0.2) is 58.9 Å². The minimum Gasteiger partial charge on any atom is -0.481 e. The zero-order valence-electron chi connectivity index (χ0n) is 13.6. The zero-order chi connectivity index (χ0) is 17.1. The van der Waals surface area contributed by atoms with E-state index in [1.807, 2.05) is 18.2 Å². The van der Waals surface area contributed by atoms with Crippen LogP contribution < -0.4 is 0 Å². The second kappa shape index (κ2) is 7.03. The van der Waals surface area contributed by atoms with Crippen molar-refractivity contribution in [2.45, 2.75) is 19.3 Å². The Labute approximate surface area is 141 Å². The monoisotopic (exact) mass is 330 g/mol. The van der Waals surface area contributed by atoms with E-state index in [-0.39, 0.29) is 17.7 Å². The van der Waals surface area contributed by atoms with E-state index in [4.69, 9.17) is 5.11 Å². The van der Waals surface area contributed by atoms with Crippen LogP contribution in [0, 0.1) is 11.8 Å². The quantitative estimate of drug-likeness (QED) is 0.910. The number of hydrogen-bond acceptors (Lipinski definition) is 3. The van der Waals surface area contributed by atoms with Gasteiger partial charge in [-0.1, -0.05) is 18.2 Å². The molecule has 0 bridgehead atoms. The number of nitrogens with zero attached hydrogens (tertiary/aromatic N) is 2. The van der Waals surface area contributed by atoms with Gasteiger partial charge in [0.1, 0.15) is 0 Å². The Morgan fingerprint density at radius 3 is 2.04 bits per heavy atom. The maximum atomic E-state index is 12.5. The topological polar surface area (TPSA) is 77.9 Å². The van der Waals surface area contributed by atoms with Gasteiger partial charge in [-0.3, -0.25) is 14.4 Å². The third-order valence-corrected chi connectivity index (χ3v) is 5.00. The number of aliphatic carboxylic acids is 1. The van der Waals surface area contributed by atoms with Gasteiger partial charge in [-0.05, 0) is 31.4 Å². The summed E-state index contributed by atoms with van der Waals surface area (Å²) in [5.41, 5.74) is 0.672. The van der Waals surface area contributed by atoms with Crippen molar-refractivity contribution in [1.82, 2.24) is 9.80 Å². The molecule has 1 atom stereocenters. The average Bonchev–Trinajstić information content (AvgIpc) is 3.12. The summed E-state index contributed by atoms with van der Waals surface area (Å²) in [4.78, 5) is 39.5. The molecule has 1 aromatic carbocycles. The molecule has 2 amide bonds. The molecule has 1 unspecified atom stereocenters. The Hall–Kier alpha value is -2.37. The first-order chi connectivity index (χ1) is 11.6. The molecular weight excluding hydrogens is 308 g/mol. The molecule has 128 valence electrons. The van der Waals surface area contributed by atoms with Gasteiger partial charge in [0.15, 0.2) is 0 Å². The fraction of sp³-hybridized carbons (Fsp3) is 0.500. The highest BCUT2D eigenvalue weighted by molar-refractivity contribution is 5.94. The fourth-order valence-corrected chi connectivity index (χ4v) is 3.51. The third kappa shape index (κ3) is 3.42. The summed E-state index contributed by atoms with van der Waals surface area (Å²) in [6.07, 6.45) is 1.82. The van der Waals surface area contributed by atoms with E-state index in [0.717, 1.165) is 0 Å². The Morgan fingerprint density at radius 2 is 1.46 bits per heavy atom. The molecule has 6 heteroatoms. The second-order valence-electron chi connectivity index (χ2n) is 6.54. The fourth-order valence-electron chi connectivity index (χ4n) is 3.51. The summed E-state index contributed by atoms with van der Waals surface area (Å²) < 4.78 is 0. The largest absolute Gasteiger partial charge is 0.481 e. The van der Waals surface area contributed by atoms with Gasteiger partial charge in [0.25, 0.3) is 5.91 Å². The van der Waals surface area contributed by atoms with E-state index >= 15 is 0 Å². The molecule has 2 saturated heterocycles. The number of carbonyl (C=O) groups excluding carboxylic acids is 2. The molecule has 2 aliphatic heterocycles. The van der Waals surface area contributed by atoms with E-state index < -0.39 is 11.9 Å². The number of likely N-dealkylation sites (tertiary alicyclic amines) is 2. The molecule has 2 heterocycles. The van der Waals surface area contributed by atoms with Gasteiger partial charge in [-0.15, -0.1) is 0 Å². The van der Waals surface area contributed by atoms with Crippen molar-refractivity contribution in [2.75, 3.05) is 26.2 Å². The van der Waals surface area contributed by atoms with Crippen LogP contribution in [-0.2, 0) is 9.59 Å². The number of piperidine rings is 1. The highest BCUT2D eigenvalue weighted by atomic mass is 16.4. The first kappa shape index (κ1) is 16.5. The van der Waals surface area contributed by atoms with Gasteiger partial charge < -0.3 is 14.9 Å². The summed E-state index contributed by atoms with van der Waals surface area (Å²) in [5.74, 6) is -1.31. The summed E-state index contributed by atoms with van der Waals surface area (Å²) >= 11 is 0. The van der Waals surface area contributed by atoms with Crippen LogP contribution in [0.25, 0.3) is 0 Å². The van der Waals surface area contributed by atoms with E-state index in [9.17, 15) is 14.4 Å². The third-order valence-electron chi connectivity index (χ3n) is 5.00.